The standard InChI is InChI=1S/C8H14N2O2/c1-2-6-3-4-9-5-7(6)10(12)8(9)11/h6-7,12H,2-5H2,1H3/t6?,7-/m0/s1. The second-order valence-corrected chi connectivity index (χ2v) is 3.60. The minimum Gasteiger partial charge on any atom is -0.321 e. The van der Waals surface area contributed by atoms with Gasteiger partial charge < -0.3 is 4.90 Å². The zero-order chi connectivity index (χ0) is 8.72. The Morgan fingerprint density at radius 1 is 1.67 bits per heavy atom. The van der Waals surface area contributed by atoms with E-state index in [1.165, 1.54) is 0 Å². The number of hydrogen-bond acceptors (Lipinski definition) is 2. The van der Waals surface area contributed by atoms with Crippen LogP contribution in [0, 0.1) is 5.92 Å². The Morgan fingerprint density at radius 3 is 3.08 bits per heavy atom. The van der Waals surface area contributed by atoms with E-state index in [4.69, 9.17) is 0 Å². The molecule has 2 rings (SSSR count). The van der Waals surface area contributed by atoms with Gasteiger partial charge >= 0.3 is 6.03 Å². The van der Waals surface area contributed by atoms with E-state index in [2.05, 4.69) is 6.92 Å². The van der Waals surface area contributed by atoms with Gasteiger partial charge in [-0.1, -0.05) is 13.3 Å². The van der Waals surface area contributed by atoms with Crippen LogP contribution in [0.3, 0.4) is 0 Å². The zero-order valence-corrected chi connectivity index (χ0v) is 7.23. The zero-order valence-electron chi connectivity index (χ0n) is 7.23. The second-order valence-electron chi connectivity index (χ2n) is 3.60. The monoisotopic (exact) mass is 170 g/mol. The summed E-state index contributed by atoms with van der Waals surface area (Å²) in [6, 6.07) is -0.160. The molecule has 0 aliphatic carbocycles. The second kappa shape index (κ2) is 2.62. The number of carbonyl (C=O) groups excluding carboxylic acids is 1. The summed E-state index contributed by atoms with van der Waals surface area (Å²) in [4.78, 5) is 13.0. The third kappa shape index (κ3) is 0.909. The van der Waals surface area contributed by atoms with E-state index < -0.39 is 0 Å². The Morgan fingerprint density at radius 2 is 2.42 bits per heavy atom. The van der Waals surface area contributed by atoms with Gasteiger partial charge in [0, 0.05) is 13.1 Å². The van der Waals surface area contributed by atoms with Crippen LogP contribution in [0.5, 0.6) is 0 Å². The molecule has 0 aromatic heterocycles. The SMILES string of the molecule is CCC1CCN2C[C@@H]1N(O)C2=O. The molecule has 2 atom stereocenters. The number of hydroxylamine groups is 2. The Labute approximate surface area is 71.7 Å². The molecule has 0 saturated carbocycles. The molecule has 2 amide bonds. The Hall–Kier alpha value is -0.770. The van der Waals surface area contributed by atoms with Crippen LogP contribution in [-0.4, -0.2) is 40.3 Å². The van der Waals surface area contributed by atoms with Gasteiger partial charge in [-0.05, 0) is 12.3 Å². The molecule has 4 heteroatoms. The molecule has 2 fully saturated rings. The summed E-state index contributed by atoms with van der Waals surface area (Å²) in [6.07, 6.45) is 2.08. The van der Waals surface area contributed by atoms with Crippen LogP contribution >= 0.6 is 0 Å². The van der Waals surface area contributed by atoms with Crippen molar-refractivity contribution >= 4 is 6.03 Å². The summed E-state index contributed by atoms with van der Waals surface area (Å²) < 4.78 is 0. The first-order chi connectivity index (χ1) is 5.74. The minimum atomic E-state index is -0.212. The summed E-state index contributed by atoms with van der Waals surface area (Å²) in [6.45, 7) is 3.63. The highest BCUT2D eigenvalue weighted by molar-refractivity contribution is 5.76. The molecule has 12 heavy (non-hydrogen) atoms. The van der Waals surface area contributed by atoms with Gasteiger partial charge in [0.25, 0.3) is 0 Å². The van der Waals surface area contributed by atoms with Crippen LogP contribution in [0.25, 0.3) is 0 Å². The number of hydrogen-bond donors (Lipinski definition) is 1. The number of urea groups is 1. The van der Waals surface area contributed by atoms with Crippen molar-refractivity contribution in [2.45, 2.75) is 25.8 Å². The lowest BCUT2D eigenvalue weighted by molar-refractivity contribution is -0.0728. The molecule has 1 N–H and O–H groups in total. The summed E-state index contributed by atoms with van der Waals surface area (Å²) in [5, 5.41) is 10.3. The molecule has 0 radical (unpaired) electrons. The molecule has 2 aliphatic rings. The van der Waals surface area contributed by atoms with Crippen LogP contribution in [0.15, 0.2) is 0 Å². The Balaban J connectivity index is 2.17. The van der Waals surface area contributed by atoms with Gasteiger partial charge in [-0.15, -0.1) is 0 Å². The summed E-state index contributed by atoms with van der Waals surface area (Å²) in [5.41, 5.74) is 0. The highest BCUT2D eigenvalue weighted by Crippen LogP contribution is 2.30. The highest BCUT2D eigenvalue weighted by atomic mass is 16.5. The lowest BCUT2D eigenvalue weighted by Crippen LogP contribution is -2.38. The Bertz CT molecular complexity index is 207. The molecule has 68 valence electrons. The van der Waals surface area contributed by atoms with Crippen LogP contribution in [0.1, 0.15) is 19.8 Å². The highest BCUT2D eigenvalue weighted by Gasteiger charge is 2.43. The van der Waals surface area contributed by atoms with E-state index in [1.807, 2.05) is 0 Å². The molecule has 1 unspecified atom stereocenters. The molecular weight excluding hydrogens is 156 g/mol. The molecular formula is C8H14N2O2. The number of rotatable bonds is 1. The first kappa shape index (κ1) is 7.86. The largest absolute Gasteiger partial charge is 0.344 e. The van der Waals surface area contributed by atoms with E-state index >= 15 is 0 Å². The van der Waals surface area contributed by atoms with E-state index in [0.29, 0.717) is 12.5 Å². The fraction of sp³-hybridized carbons (Fsp3) is 0.875. The maximum atomic E-state index is 11.3. The molecule has 0 spiro atoms. The normalized spacial score (nSPS) is 34.7. The third-order valence-corrected chi connectivity index (χ3v) is 3.03. The first-order valence-corrected chi connectivity index (χ1v) is 4.51. The van der Waals surface area contributed by atoms with Gasteiger partial charge in [0.05, 0.1) is 6.04 Å². The van der Waals surface area contributed by atoms with E-state index in [0.717, 1.165) is 24.4 Å². The van der Waals surface area contributed by atoms with Crippen LogP contribution < -0.4 is 0 Å². The summed E-state index contributed by atoms with van der Waals surface area (Å²) in [7, 11) is 0. The van der Waals surface area contributed by atoms with Gasteiger partial charge in [0.15, 0.2) is 0 Å². The fourth-order valence-corrected chi connectivity index (χ4v) is 2.19. The number of fused-ring (bicyclic) bond motifs is 2. The average molecular weight is 170 g/mol. The summed E-state index contributed by atoms with van der Waals surface area (Å²) in [5.74, 6) is 0.484. The predicted octanol–water partition coefficient (Wildman–Crippen LogP) is 0.912. The molecule has 2 aliphatic heterocycles. The van der Waals surface area contributed by atoms with Crippen molar-refractivity contribution in [3.05, 3.63) is 0 Å². The number of nitrogens with zero attached hydrogens (tertiary/aromatic N) is 2. The predicted molar refractivity (Wildman–Crippen MR) is 42.8 cm³/mol. The maximum absolute atomic E-state index is 11.3. The smallest absolute Gasteiger partial charge is 0.321 e. The minimum absolute atomic E-state index is 0.0521. The molecule has 2 heterocycles. The van der Waals surface area contributed by atoms with Crippen LogP contribution in [0.4, 0.5) is 4.79 Å². The van der Waals surface area contributed by atoms with Crippen molar-refractivity contribution in [3.8, 4) is 0 Å². The lowest BCUT2D eigenvalue weighted by atomic mass is 9.91. The van der Waals surface area contributed by atoms with Crippen molar-refractivity contribution in [2.75, 3.05) is 13.1 Å². The third-order valence-electron chi connectivity index (χ3n) is 3.03. The van der Waals surface area contributed by atoms with Gasteiger partial charge in [0.1, 0.15) is 0 Å². The average Bonchev–Trinajstić information content (AvgIpc) is 2.33. The van der Waals surface area contributed by atoms with E-state index in [1.54, 1.807) is 4.90 Å². The van der Waals surface area contributed by atoms with Crippen molar-refractivity contribution in [2.24, 2.45) is 5.92 Å². The van der Waals surface area contributed by atoms with Crippen LogP contribution in [0.2, 0.25) is 0 Å². The van der Waals surface area contributed by atoms with Crippen molar-refractivity contribution < 1.29 is 10.0 Å². The molecule has 0 aromatic rings. The molecule has 2 bridgehead atoms. The topological polar surface area (TPSA) is 43.8 Å². The van der Waals surface area contributed by atoms with Gasteiger partial charge in [-0.3, -0.25) is 5.21 Å². The van der Waals surface area contributed by atoms with E-state index in [-0.39, 0.29) is 12.1 Å². The van der Waals surface area contributed by atoms with Crippen molar-refractivity contribution in [3.63, 3.8) is 0 Å². The quantitative estimate of drug-likeness (QED) is 0.594. The van der Waals surface area contributed by atoms with Crippen LogP contribution in [-0.2, 0) is 0 Å². The van der Waals surface area contributed by atoms with Gasteiger partial charge in [-0.2, -0.15) is 0 Å². The molecule has 4 nitrogen and oxygen atoms in total. The van der Waals surface area contributed by atoms with Gasteiger partial charge in [-0.25, -0.2) is 9.86 Å². The fourth-order valence-electron chi connectivity index (χ4n) is 2.19. The first-order valence-electron chi connectivity index (χ1n) is 4.51. The summed E-state index contributed by atoms with van der Waals surface area (Å²) >= 11 is 0. The van der Waals surface area contributed by atoms with Gasteiger partial charge in [0.2, 0.25) is 0 Å². The van der Waals surface area contributed by atoms with Crippen molar-refractivity contribution in [1.29, 1.82) is 0 Å². The number of piperidine rings is 1. The number of amides is 2. The Kier molecular flexibility index (Phi) is 1.72. The molecule has 0 aromatic carbocycles. The lowest BCUT2D eigenvalue weighted by Gasteiger charge is -2.28. The maximum Gasteiger partial charge on any atom is 0.344 e. The number of carbonyl (C=O) groups is 1. The van der Waals surface area contributed by atoms with Crippen molar-refractivity contribution in [1.82, 2.24) is 9.96 Å². The van der Waals surface area contributed by atoms with E-state index in [9.17, 15) is 10.0 Å². The molecule has 2 saturated heterocycles.